The van der Waals surface area contributed by atoms with Gasteiger partial charge in [0.25, 0.3) is 0 Å². The molecule has 0 atom stereocenters. The summed E-state index contributed by atoms with van der Waals surface area (Å²) in [5.74, 6) is 0.799. The first kappa shape index (κ1) is 18.3. The molecule has 1 aromatic rings. The fraction of sp³-hybridized carbons (Fsp3) is 0.647. The molecule has 5 heteroatoms. The van der Waals surface area contributed by atoms with Gasteiger partial charge in [-0.3, -0.25) is 4.79 Å². The third kappa shape index (κ3) is 5.92. The van der Waals surface area contributed by atoms with E-state index in [0.717, 1.165) is 37.6 Å². The van der Waals surface area contributed by atoms with Crippen molar-refractivity contribution in [1.29, 1.82) is 0 Å². The standard InChI is InChI=1S/C17H29N3O2/c1-5-19(6-2)16-8-7-15(13-18-16)20(11-9-14(3)4)12-10-17(21)22/h7-8,13-14H,5-6,9-12H2,1-4H3,(H,21,22). The number of nitrogens with zero attached hydrogens (tertiary/aromatic N) is 3. The highest BCUT2D eigenvalue weighted by molar-refractivity contribution is 5.67. The summed E-state index contributed by atoms with van der Waals surface area (Å²) in [5, 5.41) is 8.92. The van der Waals surface area contributed by atoms with Crippen LogP contribution in [0.5, 0.6) is 0 Å². The summed E-state index contributed by atoms with van der Waals surface area (Å²) < 4.78 is 0. The topological polar surface area (TPSA) is 56.7 Å². The van der Waals surface area contributed by atoms with Crippen molar-refractivity contribution in [3.63, 3.8) is 0 Å². The molecule has 1 N–H and O–H groups in total. The number of carboxylic acid groups (broad SMARTS) is 1. The summed E-state index contributed by atoms with van der Waals surface area (Å²) in [4.78, 5) is 19.7. The fourth-order valence-corrected chi connectivity index (χ4v) is 2.31. The minimum atomic E-state index is -0.762. The van der Waals surface area contributed by atoms with Crippen LogP contribution in [-0.2, 0) is 4.79 Å². The van der Waals surface area contributed by atoms with Crippen molar-refractivity contribution in [2.45, 2.75) is 40.5 Å². The van der Waals surface area contributed by atoms with Crippen LogP contribution in [0.4, 0.5) is 11.5 Å². The van der Waals surface area contributed by atoms with E-state index in [2.05, 4.69) is 42.5 Å². The Morgan fingerprint density at radius 2 is 1.86 bits per heavy atom. The van der Waals surface area contributed by atoms with Gasteiger partial charge < -0.3 is 14.9 Å². The molecule has 0 aliphatic heterocycles. The summed E-state index contributed by atoms with van der Waals surface area (Å²) in [6, 6.07) is 4.06. The summed E-state index contributed by atoms with van der Waals surface area (Å²) in [6.45, 7) is 11.8. The molecule has 0 bridgehead atoms. The lowest BCUT2D eigenvalue weighted by Gasteiger charge is -2.26. The summed E-state index contributed by atoms with van der Waals surface area (Å²) in [5.41, 5.74) is 0.998. The predicted octanol–water partition coefficient (Wildman–Crippen LogP) is 3.26. The maximum absolute atomic E-state index is 10.8. The minimum absolute atomic E-state index is 0.149. The summed E-state index contributed by atoms with van der Waals surface area (Å²) in [6.07, 6.45) is 3.04. The van der Waals surface area contributed by atoms with Crippen molar-refractivity contribution in [1.82, 2.24) is 4.98 Å². The highest BCUT2D eigenvalue weighted by Gasteiger charge is 2.11. The van der Waals surface area contributed by atoms with Crippen LogP contribution < -0.4 is 9.80 Å². The van der Waals surface area contributed by atoms with Gasteiger partial charge in [-0.05, 0) is 38.3 Å². The van der Waals surface area contributed by atoms with Crippen LogP contribution in [-0.4, -0.2) is 42.2 Å². The Hall–Kier alpha value is -1.78. The molecule has 1 rings (SSSR count). The second-order valence-corrected chi connectivity index (χ2v) is 5.86. The van der Waals surface area contributed by atoms with Crippen molar-refractivity contribution >= 4 is 17.5 Å². The summed E-state index contributed by atoms with van der Waals surface area (Å²) >= 11 is 0. The maximum Gasteiger partial charge on any atom is 0.305 e. The number of hydrogen-bond acceptors (Lipinski definition) is 4. The second kappa shape index (κ2) is 9.28. The largest absolute Gasteiger partial charge is 0.481 e. The van der Waals surface area contributed by atoms with Gasteiger partial charge in [-0.2, -0.15) is 0 Å². The van der Waals surface area contributed by atoms with E-state index in [0.29, 0.717) is 12.5 Å². The Labute approximate surface area is 134 Å². The number of aromatic nitrogens is 1. The van der Waals surface area contributed by atoms with Crippen LogP contribution in [0.25, 0.3) is 0 Å². The Balaban J connectivity index is 2.81. The zero-order chi connectivity index (χ0) is 16.5. The van der Waals surface area contributed by atoms with Gasteiger partial charge in [0.1, 0.15) is 5.82 Å². The van der Waals surface area contributed by atoms with Gasteiger partial charge >= 0.3 is 5.97 Å². The molecule has 0 radical (unpaired) electrons. The van der Waals surface area contributed by atoms with Crippen molar-refractivity contribution < 1.29 is 9.90 Å². The molecule has 0 saturated heterocycles. The van der Waals surface area contributed by atoms with Crippen LogP contribution in [0.2, 0.25) is 0 Å². The van der Waals surface area contributed by atoms with E-state index < -0.39 is 5.97 Å². The normalized spacial score (nSPS) is 10.8. The molecule has 0 spiro atoms. The quantitative estimate of drug-likeness (QED) is 0.719. The van der Waals surface area contributed by atoms with Crippen molar-refractivity contribution in [2.24, 2.45) is 5.92 Å². The van der Waals surface area contributed by atoms with Crippen molar-refractivity contribution in [3.05, 3.63) is 18.3 Å². The number of carbonyl (C=O) groups is 1. The van der Waals surface area contributed by atoms with Gasteiger partial charge in [0.2, 0.25) is 0 Å². The lowest BCUT2D eigenvalue weighted by molar-refractivity contribution is -0.136. The lowest BCUT2D eigenvalue weighted by atomic mass is 10.1. The van der Waals surface area contributed by atoms with Crippen LogP contribution in [0.1, 0.15) is 40.5 Å². The Morgan fingerprint density at radius 3 is 2.32 bits per heavy atom. The molecule has 0 unspecified atom stereocenters. The third-order valence-corrected chi connectivity index (χ3v) is 3.76. The Kier molecular flexibility index (Phi) is 7.71. The molecule has 0 aromatic carbocycles. The van der Waals surface area contributed by atoms with Gasteiger partial charge in [-0.1, -0.05) is 13.8 Å². The van der Waals surface area contributed by atoms with Crippen LogP contribution in [0.3, 0.4) is 0 Å². The first-order valence-corrected chi connectivity index (χ1v) is 8.15. The van der Waals surface area contributed by atoms with Crippen LogP contribution in [0.15, 0.2) is 18.3 Å². The zero-order valence-electron chi connectivity index (χ0n) is 14.2. The maximum atomic E-state index is 10.8. The van der Waals surface area contributed by atoms with Crippen molar-refractivity contribution in [3.8, 4) is 0 Å². The van der Waals surface area contributed by atoms with Gasteiger partial charge in [0.15, 0.2) is 0 Å². The number of carboxylic acids is 1. The fourth-order valence-electron chi connectivity index (χ4n) is 2.31. The smallest absolute Gasteiger partial charge is 0.305 e. The van der Waals surface area contributed by atoms with Crippen LogP contribution in [0, 0.1) is 5.92 Å². The van der Waals surface area contributed by atoms with E-state index in [1.54, 1.807) is 0 Å². The molecule has 0 aliphatic carbocycles. The molecule has 124 valence electrons. The van der Waals surface area contributed by atoms with E-state index in [4.69, 9.17) is 5.11 Å². The molecule has 1 aromatic heterocycles. The number of pyridine rings is 1. The molecule has 0 aliphatic rings. The first-order chi connectivity index (χ1) is 10.5. The van der Waals surface area contributed by atoms with Gasteiger partial charge in [0, 0.05) is 26.2 Å². The molecule has 1 heterocycles. The van der Waals surface area contributed by atoms with E-state index in [1.165, 1.54) is 0 Å². The molecule has 22 heavy (non-hydrogen) atoms. The average Bonchev–Trinajstić information content (AvgIpc) is 2.49. The van der Waals surface area contributed by atoms with Gasteiger partial charge in [-0.15, -0.1) is 0 Å². The first-order valence-electron chi connectivity index (χ1n) is 8.15. The molecule has 0 fully saturated rings. The number of hydrogen-bond donors (Lipinski definition) is 1. The zero-order valence-corrected chi connectivity index (χ0v) is 14.2. The monoisotopic (exact) mass is 307 g/mol. The molecular formula is C17H29N3O2. The highest BCUT2D eigenvalue weighted by Crippen LogP contribution is 2.19. The Morgan fingerprint density at radius 1 is 1.18 bits per heavy atom. The molecule has 5 nitrogen and oxygen atoms in total. The average molecular weight is 307 g/mol. The SMILES string of the molecule is CCN(CC)c1ccc(N(CCC(=O)O)CCC(C)C)cn1. The minimum Gasteiger partial charge on any atom is -0.481 e. The van der Waals surface area contributed by atoms with Crippen molar-refractivity contribution in [2.75, 3.05) is 36.0 Å². The van der Waals surface area contributed by atoms with E-state index in [9.17, 15) is 4.79 Å². The number of anilines is 2. The molecule has 0 saturated carbocycles. The highest BCUT2D eigenvalue weighted by atomic mass is 16.4. The third-order valence-electron chi connectivity index (χ3n) is 3.76. The molecule has 0 amide bonds. The van der Waals surface area contributed by atoms with E-state index in [-0.39, 0.29) is 6.42 Å². The van der Waals surface area contributed by atoms with E-state index in [1.807, 2.05) is 18.3 Å². The lowest BCUT2D eigenvalue weighted by Crippen LogP contribution is -2.28. The second-order valence-electron chi connectivity index (χ2n) is 5.86. The Bertz CT molecular complexity index is 442. The molecular weight excluding hydrogens is 278 g/mol. The predicted molar refractivity (Wildman–Crippen MR) is 91.7 cm³/mol. The van der Waals surface area contributed by atoms with Gasteiger partial charge in [0.05, 0.1) is 18.3 Å². The number of aliphatic carboxylic acids is 1. The van der Waals surface area contributed by atoms with E-state index >= 15 is 0 Å². The van der Waals surface area contributed by atoms with Crippen LogP contribution >= 0.6 is 0 Å². The van der Waals surface area contributed by atoms with Gasteiger partial charge in [-0.25, -0.2) is 4.98 Å². The number of rotatable bonds is 10. The summed E-state index contributed by atoms with van der Waals surface area (Å²) in [7, 11) is 0.